The largest absolute Gasteiger partial charge is 0.387 e. The number of nitrogens with one attached hydrogen (secondary N) is 1. The van der Waals surface area contributed by atoms with Crippen molar-refractivity contribution < 1.29 is 13.9 Å². The molecule has 0 aliphatic carbocycles. The predicted molar refractivity (Wildman–Crippen MR) is 80.9 cm³/mol. The first-order valence-corrected chi connectivity index (χ1v) is 7.77. The van der Waals surface area contributed by atoms with E-state index in [-0.39, 0.29) is 5.92 Å². The molecule has 1 aliphatic rings. The van der Waals surface area contributed by atoms with Crippen LogP contribution in [0, 0.1) is 18.6 Å². The van der Waals surface area contributed by atoms with E-state index in [4.69, 9.17) is 0 Å². The minimum atomic E-state index is -0.936. The van der Waals surface area contributed by atoms with E-state index in [1.54, 1.807) is 0 Å². The minimum absolute atomic E-state index is 0.228. The lowest BCUT2D eigenvalue weighted by atomic mass is 9.96. The molecule has 0 saturated carbocycles. The number of halogens is 2. The van der Waals surface area contributed by atoms with Gasteiger partial charge in [0.2, 0.25) is 0 Å². The van der Waals surface area contributed by atoms with Gasteiger partial charge in [-0.15, -0.1) is 0 Å². The molecule has 7 heteroatoms. The molecular weight excluding hydrogens is 302 g/mol. The summed E-state index contributed by atoms with van der Waals surface area (Å²) in [5.41, 5.74) is 0.389. The van der Waals surface area contributed by atoms with Crippen molar-refractivity contribution >= 4 is 0 Å². The Bertz CT molecular complexity index is 676. The van der Waals surface area contributed by atoms with Crippen LogP contribution in [0.4, 0.5) is 8.78 Å². The van der Waals surface area contributed by atoms with Crippen LogP contribution >= 0.6 is 0 Å². The van der Waals surface area contributed by atoms with E-state index >= 15 is 0 Å². The van der Waals surface area contributed by atoms with Crippen LogP contribution < -0.4 is 0 Å². The van der Waals surface area contributed by atoms with Crippen molar-refractivity contribution in [2.45, 2.75) is 31.8 Å². The van der Waals surface area contributed by atoms with Crippen molar-refractivity contribution in [3.05, 3.63) is 47.0 Å². The topological polar surface area (TPSA) is 65.0 Å². The first-order valence-electron chi connectivity index (χ1n) is 7.77. The number of aliphatic hydroxyl groups excluding tert-OH is 1. The fourth-order valence-electron chi connectivity index (χ4n) is 3.04. The van der Waals surface area contributed by atoms with E-state index in [0.29, 0.717) is 12.1 Å². The number of H-pyrrole nitrogens is 1. The molecule has 2 heterocycles. The highest BCUT2D eigenvalue weighted by Crippen LogP contribution is 2.26. The Morgan fingerprint density at radius 1 is 1.39 bits per heavy atom. The minimum Gasteiger partial charge on any atom is -0.387 e. The molecule has 1 aliphatic heterocycles. The van der Waals surface area contributed by atoms with Crippen molar-refractivity contribution in [1.29, 1.82) is 0 Å². The summed E-state index contributed by atoms with van der Waals surface area (Å²) in [6.07, 6.45) is 1.15. The molecular formula is C16H20F2N4O. The van der Waals surface area contributed by atoms with E-state index in [1.807, 2.05) is 6.92 Å². The van der Waals surface area contributed by atoms with Gasteiger partial charge in [-0.3, -0.25) is 10.00 Å². The number of aromatic amines is 1. The fourth-order valence-corrected chi connectivity index (χ4v) is 3.04. The second-order valence-corrected chi connectivity index (χ2v) is 6.07. The van der Waals surface area contributed by atoms with Gasteiger partial charge in [-0.1, -0.05) is 6.07 Å². The summed E-state index contributed by atoms with van der Waals surface area (Å²) in [5.74, 6) is -0.0208. The third-order valence-corrected chi connectivity index (χ3v) is 4.24. The third kappa shape index (κ3) is 3.73. The quantitative estimate of drug-likeness (QED) is 0.906. The van der Waals surface area contributed by atoms with Gasteiger partial charge in [0.1, 0.15) is 5.82 Å². The van der Waals surface area contributed by atoms with E-state index in [1.165, 1.54) is 6.07 Å². The highest BCUT2D eigenvalue weighted by molar-refractivity contribution is 5.20. The van der Waals surface area contributed by atoms with Gasteiger partial charge >= 0.3 is 0 Å². The maximum absolute atomic E-state index is 13.3. The van der Waals surface area contributed by atoms with Crippen molar-refractivity contribution in [3.8, 4) is 0 Å². The number of hydrogen-bond donors (Lipinski definition) is 2. The number of piperidine rings is 1. The first kappa shape index (κ1) is 16.0. The highest BCUT2D eigenvalue weighted by Gasteiger charge is 2.26. The van der Waals surface area contributed by atoms with Crippen molar-refractivity contribution in [1.82, 2.24) is 20.1 Å². The van der Waals surface area contributed by atoms with Crippen LogP contribution in [0.15, 0.2) is 18.2 Å². The molecule has 0 bridgehead atoms. The monoisotopic (exact) mass is 322 g/mol. The van der Waals surface area contributed by atoms with Crippen LogP contribution in [-0.2, 0) is 0 Å². The maximum Gasteiger partial charge on any atom is 0.159 e. The number of aryl methyl sites for hydroxylation is 1. The van der Waals surface area contributed by atoms with Crippen LogP contribution in [0.5, 0.6) is 0 Å². The lowest BCUT2D eigenvalue weighted by Gasteiger charge is -2.32. The second-order valence-electron chi connectivity index (χ2n) is 6.07. The number of aliphatic hydroxyl groups is 1. The Balaban J connectivity index is 1.63. The van der Waals surface area contributed by atoms with E-state index in [9.17, 15) is 13.9 Å². The summed E-state index contributed by atoms with van der Waals surface area (Å²) in [6.45, 7) is 3.85. The third-order valence-electron chi connectivity index (χ3n) is 4.24. The molecule has 2 aromatic rings. The summed E-state index contributed by atoms with van der Waals surface area (Å²) in [4.78, 5) is 6.50. The Labute approximate surface area is 133 Å². The molecule has 1 aromatic carbocycles. The van der Waals surface area contributed by atoms with Gasteiger partial charge in [0.25, 0.3) is 0 Å². The molecule has 2 unspecified atom stereocenters. The van der Waals surface area contributed by atoms with Crippen molar-refractivity contribution in [3.63, 3.8) is 0 Å². The van der Waals surface area contributed by atoms with E-state index in [0.717, 1.165) is 49.7 Å². The molecule has 0 radical (unpaired) electrons. The molecule has 5 nitrogen and oxygen atoms in total. The summed E-state index contributed by atoms with van der Waals surface area (Å²) in [5, 5.41) is 17.3. The number of benzene rings is 1. The summed E-state index contributed by atoms with van der Waals surface area (Å²) in [6, 6.07) is 3.52. The Hall–Kier alpha value is -1.86. The van der Waals surface area contributed by atoms with E-state index in [2.05, 4.69) is 20.1 Å². The Morgan fingerprint density at radius 2 is 2.22 bits per heavy atom. The zero-order valence-electron chi connectivity index (χ0n) is 13.0. The highest BCUT2D eigenvalue weighted by atomic mass is 19.2. The van der Waals surface area contributed by atoms with Gasteiger partial charge in [0.15, 0.2) is 17.5 Å². The summed E-state index contributed by atoms with van der Waals surface area (Å²) in [7, 11) is 0. The Kier molecular flexibility index (Phi) is 4.68. The molecule has 0 amide bonds. The normalized spacial score (nSPS) is 20.6. The van der Waals surface area contributed by atoms with Crippen molar-refractivity contribution in [2.75, 3.05) is 19.6 Å². The van der Waals surface area contributed by atoms with Gasteiger partial charge in [-0.05, 0) is 44.0 Å². The molecule has 3 rings (SSSR count). The number of nitrogens with zero attached hydrogens (tertiary/aromatic N) is 3. The lowest BCUT2D eigenvalue weighted by molar-refractivity contribution is 0.0942. The lowest BCUT2D eigenvalue weighted by Crippen LogP contribution is -2.37. The molecule has 2 atom stereocenters. The van der Waals surface area contributed by atoms with Gasteiger partial charge in [0.05, 0.1) is 6.10 Å². The molecule has 1 aromatic heterocycles. The van der Waals surface area contributed by atoms with Gasteiger partial charge in [0, 0.05) is 19.0 Å². The molecule has 124 valence electrons. The van der Waals surface area contributed by atoms with Gasteiger partial charge in [-0.25, -0.2) is 13.8 Å². The van der Waals surface area contributed by atoms with E-state index < -0.39 is 17.7 Å². The van der Waals surface area contributed by atoms with Crippen LogP contribution in [0.1, 0.15) is 42.1 Å². The smallest absolute Gasteiger partial charge is 0.159 e. The average molecular weight is 322 g/mol. The predicted octanol–water partition coefficient (Wildman–Crippen LogP) is 2.30. The number of hydrogen-bond acceptors (Lipinski definition) is 4. The molecule has 1 saturated heterocycles. The van der Waals surface area contributed by atoms with Crippen LogP contribution in [0.3, 0.4) is 0 Å². The van der Waals surface area contributed by atoms with Crippen LogP contribution in [0.2, 0.25) is 0 Å². The first-order chi connectivity index (χ1) is 11.0. The van der Waals surface area contributed by atoms with Crippen LogP contribution in [-0.4, -0.2) is 44.8 Å². The maximum atomic E-state index is 13.3. The molecule has 1 fully saturated rings. The fraction of sp³-hybridized carbons (Fsp3) is 0.500. The number of aromatic nitrogens is 3. The average Bonchev–Trinajstić information content (AvgIpc) is 2.97. The summed E-state index contributed by atoms with van der Waals surface area (Å²) < 4.78 is 26.3. The van der Waals surface area contributed by atoms with Crippen LogP contribution in [0.25, 0.3) is 0 Å². The van der Waals surface area contributed by atoms with Crippen molar-refractivity contribution in [2.24, 2.45) is 0 Å². The number of likely N-dealkylation sites (tertiary alicyclic amines) is 1. The summed E-state index contributed by atoms with van der Waals surface area (Å²) >= 11 is 0. The SMILES string of the molecule is Cc1nc(C2CCCN(CC(O)c3ccc(F)c(F)c3)C2)n[nH]1. The Morgan fingerprint density at radius 3 is 2.91 bits per heavy atom. The zero-order chi connectivity index (χ0) is 16.4. The number of rotatable bonds is 4. The standard InChI is InChI=1S/C16H20F2N4O/c1-10-19-16(21-20-10)12-3-2-6-22(8-12)9-15(23)11-4-5-13(17)14(18)7-11/h4-5,7,12,15,23H,2-3,6,8-9H2,1H3,(H,19,20,21). The van der Waals surface area contributed by atoms with Gasteiger partial charge in [-0.2, -0.15) is 5.10 Å². The molecule has 0 spiro atoms. The van der Waals surface area contributed by atoms with Gasteiger partial charge < -0.3 is 5.11 Å². The number of β-amino-alcohol motifs (C(OH)–C–C–N with tert-alkyl or cyclic N) is 1. The zero-order valence-corrected chi connectivity index (χ0v) is 13.0. The molecule has 2 N–H and O–H groups in total. The second kappa shape index (κ2) is 6.72. The molecule has 23 heavy (non-hydrogen) atoms.